The van der Waals surface area contributed by atoms with Crippen molar-refractivity contribution in [1.82, 2.24) is 10.6 Å². The van der Waals surface area contributed by atoms with Crippen LogP contribution < -0.4 is 10.6 Å². The van der Waals surface area contributed by atoms with E-state index in [1.807, 2.05) is 27.7 Å². The van der Waals surface area contributed by atoms with Gasteiger partial charge in [0, 0.05) is 30.5 Å². The first-order valence-corrected chi connectivity index (χ1v) is 6.27. The molecule has 0 saturated heterocycles. The number of hydrogen-bond acceptors (Lipinski definition) is 3. The first-order chi connectivity index (χ1) is 8.72. The van der Waals surface area contributed by atoms with Crippen molar-refractivity contribution in [3.05, 3.63) is 10.4 Å². The van der Waals surface area contributed by atoms with Crippen LogP contribution in [0.1, 0.15) is 27.7 Å². The van der Waals surface area contributed by atoms with Gasteiger partial charge < -0.3 is 15.4 Å². The van der Waals surface area contributed by atoms with Gasteiger partial charge in [0.05, 0.1) is 13.2 Å². The maximum Gasteiger partial charge on any atom is 0.314 e. The predicted molar refractivity (Wildman–Crippen MR) is 74.9 cm³/mol. The number of nitrogens with zero attached hydrogens (tertiary/aromatic N) is 3. The van der Waals surface area contributed by atoms with Crippen LogP contribution in [-0.4, -0.2) is 39.4 Å². The molecule has 0 aromatic rings. The van der Waals surface area contributed by atoms with Crippen LogP contribution in [0.5, 0.6) is 0 Å². The molecule has 0 unspecified atom stereocenters. The standard InChI is InChI=1S/C12H25N5O2/c1-11(2,6-15-10(18)14-5)8-19-9-12(3,4)7-16-17-13/h6-9H2,1-5H3,(H2,14,15,18). The number of ether oxygens (including phenoxy) is 1. The molecular weight excluding hydrogens is 246 g/mol. The van der Waals surface area contributed by atoms with Crippen LogP contribution in [0.2, 0.25) is 0 Å². The Morgan fingerprint density at radius 2 is 1.84 bits per heavy atom. The van der Waals surface area contributed by atoms with Crippen molar-refractivity contribution >= 4 is 6.03 Å². The highest BCUT2D eigenvalue weighted by Gasteiger charge is 2.22. The largest absolute Gasteiger partial charge is 0.380 e. The molecule has 0 spiro atoms. The molecule has 0 aliphatic heterocycles. The van der Waals surface area contributed by atoms with Crippen LogP contribution in [0, 0.1) is 10.8 Å². The Morgan fingerprint density at radius 1 is 1.26 bits per heavy atom. The molecular formula is C12H25N5O2. The molecule has 0 aromatic carbocycles. The molecule has 0 fully saturated rings. The molecule has 0 heterocycles. The molecule has 19 heavy (non-hydrogen) atoms. The van der Waals surface area contributed by atoms with Gasteiger partial charge in [-0.05, 0) is 10.9 Å². The maximum absolute atomic E-state index is 11.1. The van der Waals surface area contributed by atoms with Gasteiger partial charge in [-0.25, -0.2) is 4.79 Å². The summed E-state index contributed by atoms with van der Waals surface area (Å²) in [4.78, 5) is 13.9. The van der Waals surface area contributed by atoms with E-state index in [9.17, 15) is 4.79 Å². The SMILES string of the molecule is CNC(=O)NCC(C)(C)COCC(C)(C)CN=[N+]=[N-]. The molecule has 0 saturated carbocycles. The molecule has 0 bridgehead atoms. The fourth-order valence-corrected chi connectivity index (χ4v) is 1.33. The average Bonchev–Trinajstić information content (AvgIpc) is 2.33. The first-order valence-electron chi connectivity index (χ1n) is 6.27. The van der Waals surface area contributed by atoms with E-state index < -0.39 is 0 Å². The minimum atomic E-state index is -0.197. The van der Waals surface area contributed by atoms with Gasteiger partial charge in [0.25, 0.3) is 0 Å². The minimum Gasteiger partial charge on any atom is -0.380 e. The lowest BCUT2D eigenvalue weighted by Gasteiger charge is -2.28. The number of azide groups is 1. The summed E-state index contributed by atoms with van der Waals surface area (Å²) in [5.41, 5.74) is 7.97. The van der Waals surface area contributed by atoms with E-state index in [1.165, 1.54) is 0 Å². The predicted octanol–water partition coefficient (Wildman–Crippen LogP) is 2.29. The minimum absolute atomic E-state index is 0.152. The quantitative estimate of drug-likeness (QED) is 0.402. The van der Waals surface area contributed by atoms with Crippen molar-refractivity contribution in [2.24, 2.45) is 15.9 Å². The number of carbonyl (C=O) groups excluding carboxylic acids is 1. The summed E-state index contributed by atoms with van der Waals surface area (Å²) in [6.45, 7) is 9.97. The van der Waals surface area contributed by atoms with E-state index in [-0.39, 0.29) is 16.9 Å². The summed E-state index contributed by atoms with van der Waals surface area (Å²) < 4.78 is 5.67. The third-order valence-corrected chi connectivity index (χ3v) is 2.50. The van der Waals surface area contributed by atoms with Gasteiger partial charge in [0.15, 0.2) is 0 Å². The van der Waals surface area contributed by atoms with Crippen LogP contribution in [0.25, 0.3) is 10.4 Å². The van der Waals surface area contributed by atoms with Crippen LogP contribution >= 0.6 is 0 Å². The summed E-state index contributed by atoms with van der Waals surface area (Å²) in [6.07, 6.45) is 0. The zero-order chi connectivity index (χ0) is 14.9. The Labute approximate surface area is 114 Å². The van der Waals surface area contributed by atoms with E-state index in [4.69, 9.17) is 10.3 Å². The smallest absolute Gasteiger partial charge is 0.314 e. The van der Waals surface area contributed by atoms with Gasteiger partial charge in [0.2, 0.25) is 0 Å². The lowest BCUT2D eigenvalue weighted by molar-refractivity contribution is 0.0192. The number of hydrogen-bond donors (Lipinski definition) is 2. The fourth-order valence-electron chi connectivity index (χ4n) is 1.33. The Kier molecular flexibility index (Phi) is 7.26. The second-order valence-electron chi connectivity index (χ2n) is 6.14. The van der Waals surface area contributed by atoms with Crippen molar-refractivity contribution in [1.29, 1.82) is 0 Å². The van der Waals surface area contributed by atoms with Gasteiger partial charge in [-0.15, -0.1) is 0 Å². The molecule has 0 rings (SSSR count). The summed E-state index contributed by atoms with van der Waals surface area (Å²) >= 11 is 0. The Balaban J connectivity index is 4.03. The highest BCUT2D eigenvalue weighted by molar-refractivity contribution is 5.73. The third kappa shape index (κ3) is 9.16. The van der Waals surface area contributed by atoms with E-state index >= 15 is 0 Å². The second kappa shape index (κ2) is 7.86. The van der Waals surface area contributed by atoms with Crippen molar-refractivity contribution in [2.75, 3.05) is 33.4 Å². The highest BCUT2D eigenvalue weighted by Crippen LogP contribution is 2.19. The lowest BCUT2D eigenvalue weighted by Crippen LogP contribution is -2.41. The van der Waals surface area contributed by atoms with Gasteiger partial charge in [0.1, 0.15) is 0 Å². The van der Waals surface area contributed by atoms with Crippen LogP contribution in [0.3, 0.4) is 0 Å². The van der Waals surface area contributed by atoms with Crippen molar-refractivity contribution in [2.45, 2.75) is 27.7 Å². The zero-order valence-electron chi connectivity index (χ0n) is 12.5. The summed E-state index contributed by atoms with van der Waals surface area (Å²) in [6, 6.07) is -0.197. The molecule has 0 aliphatic carbocycles. The van der Waals surface area contributed by atoms with Gasteiger partial charge in [-0.3, -0.25) is 0 Å². The topological polar surface area (TPSA) is 99.1 Å². The second-order valence-corrected chi connectivity index (χ2v) is 6.14. The lowest BCUT2D eigenvalue weighted by atomic mass is 9.93. The Bertz CT molecular complexity index is 335. The van der Waals surface area contributed by atoms with E-state index in [0.717, 1.165) is 0 Å². The molecule has 0 atom stereocenters. The van der Waals surface area contributed by atoms with Gasteiger partial charge >= 0.3 is 6.03 Å². The van der Waals surface area contributed by atoms with Crippen molar-refractivity contribution in [3.63, 3.8) is 0 Å². The van der Waals surface area contributed by atoms with Gasteiger partial charge in [-0.1, -0.05) is 32.8 Å². The molecule has 0 aliphatic rings. The van der Waals surface area contributed by atoms with E-state index in [2.05, 4.69) is 20.7 Å². The molecule has 2 N–H and O–H groups in total. The molecule has 7 nitrogen and oxygen atoms in total. The Morgan fingerprint density at radius 3 is 2.37 bits per heavy atom. The molecule has 7 heteroatoms. The van der Waals surface area contributed by atoms with Crippen LogP contribution in [-0.2, 0) is 4.74 Å². The highest BCUT2D eigenvalue weighted by atomic mass is 16.5. The van der Waals surface area contributed by atoms with E-state index in [0.29, 0.717) is 26.3 Å². The number of carbonyl (C=O) groups is 1. The zero-order valence-corrected chi connectivity index (χ0v) is 12.5. The summed E-state index contributed by atoms with van der Waals surface area (Å²) in [5.74, 6) is 0. The molecule has 2 amide bonds. The number of amides is 2. The summed E-state index contributed by atoms with van der Waals surface area (Å²) in [5, 5.41) is 8.83. The first kappa shape index (κ1) is 17.5. The van der Waals surface area contributed by atoms with Crippen LogP contribution in [0.4, 0.5) is 4.79 Å². The Hall–Kier alpha value is -1.46. The molecule has 0 aromatic heterocycles. The monoisotopic (exact) mass is 271 g/mol. The van der Waals surface area contributed by atoms with Crippen molar-refractivity contribution in [3.8, 4) is 0 Å². The third-order valence-electron chi connectivity index (χ3n) is 2.50. The fraction of sp³-hybridized carbons (Fsp3) is 0.917. The normalized spacial score (nSPS) is 11.6. The van der Waals surface area contributed by atoms with Gasteiger partial charge in [-0.2, -0.15) is 0 Å². The van der Waals surface area contributed by atoms with Crippen molar-refractivity contribution < 1.29 is 9.53 Å². The molecule has 110 valence electrons. The van der Waals surface area contributed by atoms with Crippen LogP contribution in [0.15, 0.2) is 5.11 Å². The van der Waals surface area contributed by atoms with E-state index in [1.54, 1.807) is 7.05 Å². The summed E-state index contributed by atoms with van der Waals surface area (Å²) in [7, 11) is 1.58. The molecule has 0 radical (unpaired) electrons. The number of urea groups is 1. The number of nitrogens with one attached hydrogen (secondary N) is 2. The maximum atomic E-state index is 11.1. The number of rotatable bonds is 8. The average molecular weight is 271 g/mol.